The normalized spacial score (nSPS) is 13.0. The third-order valence-electron chi connectivity index (χ3n) is 5.18. The van der Waals surface area contributed by atoms with Crippen LogP contribution in [0.5, 0.6) is 11.5 Å². The van der Waals surface area contributed by atoms with Crippen molar-refractivity contribution in [1.29, 1.82) is 0 Å². The molecule has 2 amide bonds. The molecule has 0 spiro atoms. The Bertz CT molecular complexity index is 1580. The van der Waals surface area contributed by atoms with E-state index in [9.17, 15) is 23.1 Å². The zero-order valence-corrected chi connectivity index (χ0v) is 18.7. The van der Waals surface area contributed by atoms with Gasteiger partial charge >= 0.3 is 0 Å². The molecule has 4 aromatic rings. The van der Waals surface area contributed by atoms with Gasteiger partial charge in [0.05, 0.1) is 21.8 Å². The van der Waals surface area contributed by atoms with Crippen LogP contribution in [-0.4, -0.2) is 46.9 Å². The predicted molar refractivity (Wildman–Crippen MR) is 125 cm³/mol. The number of nitrogens with zero attached hydrogens (tertiary/aromatic N) is 2. The van der Waals surface area contributed by atoms with Gasteiger partial charge in [0.25, 0.3) is 21.8 Å². The number of aromatic nitrogens is 3. The largest absolute Gasteiger partial charge is 0.508 e. The fraction of sp³-hybridized carbons (Fsp3) is 0.0909. The van der Waals surface area contributed by atoms with Crippen LogP contribution in [0.1, 0.15) is 16.1 Å². The van der Waals surface area contributed by atoms with Crippen LogP contribution in [0.25, 0.3) is 11.0 Å². The van der Waals surface area contributed by atoms with Crippen molar-refractivity contribution in [2.45, 2.75) is 11.4 Å². The number of benzene rings is 2. The molecule has 3 heterocycles. The highest BCUT2D eigenvalue weighted by atomic mass is 32.2. The lowest BCUT2D eigenvalue weighted by atomic mass is 10.1. The van der Waals surface area contributed by atoms with Crippen molar-refractivity contribution >= 4 is 44.2 Å². The summed E-state index contributed by atoms with van der Waals surface area (Å²) in [4.78, 5) is 35.2. The number of phenols is 1. The van der Waals surface area contributed by atoms with E-state index in [2.05, 4.69) is 30.3 Å². The van der Waals surface area contributed by atoms with Gasteiger partial charge in [-0.15, -0.1) is 0 Å². The van der Waals surface area contributed by atoms with Crippen molar-refractivity contribution in [3.63, 3.8) is 0 Å². The van der Waals surface area contributed by atoms with Crippen LogP contribution in [-0.2, 0) is 21.4 Å². The fourth-order valence-corrected chi connectivity index (χ4v) is 4.65. The monoisotopic (exact) mass is 494 g/mol. The van der Waals surface area contributed by atoms with E-state index in [4.69, 9.17) is 4.74 Å². The molecule has 1 aliphatic rings. The number of anilines is 2. The summed E-state index contributed by atoms with van der Waals surface area (Å²) in [6.07, 6.45) is 2.52. The Morgan fingerprint density at radius 1 is 1.17 bits per heavy atom. The molecule has 5 N–H and O–H groups in total. The molecule has 2 aromatic carbocycles. The number of nitrogens with one attached hydrogen (secondary N) is 4. The van der Waals surface area contributed by atoms with Gasteiger partial charge < -0.3 is 25.5 Å². The molecular formula is C22H18N6O6S. The second-order valence-corrected chi connectivity index (χ2v) is 9.28. The number of amides is 2. The number of ether oxygens (including phenoxy) is 1. The Kier molecular flexibility index (Phi) is 5.45. The zero-order valence-electron chi connectivity index (χ0n) is 17.9. The third-order valence-corrected chi connectivity index (χ3v) is 6.54. The second-order valence-electron chi connectivity index (χ2n) is 7.60. The minimum Gasteiger partial charge on any atom is -0.508 e. The molecule has 0 radical (unpaired) electrons. The van der Waals surface area contributed by atoms with Gasteiger partial charge in [-0.1, -0.05) is 12.1 Å². The molecule has 0 aliphatic carbocycles. The average molecular weight is 494 g/mol. The number of fused-ring (bicyclic) bond motifs is 2. The minimum absolute atomic E-state index is 0.0207. The van der Waals surface area contributed by atoms with Crippen LogP contribution in [0.2, 0.25) is 0 Å². The number of hydrogen-bond acceptors (Lipinski definition) is 8. The average Bonchev–Trinajstić information content (AvgIpc) is 3.24. The van der Waals surface area contributed by atoms with Gasteiger partial charge in [0, 0.05) is 18.8 Å². The summed E-state index contributed by atoms with van der Waals surface area (Å²) in [6.45, 7) is 0.0973. The topological polar surface area (TPSA) is 175 Å². The van der Waals surface area contributed by atoms with E-state index >= 15 is 0 Å². The molecule has 0 fully saturated rings. The smallest absolute Gasteiger partial charge is 0.272 e. The van der Waals surface area contributed by atoms with Crippen LogP contribution in [0.3, 0.4) is 0 Å². The number of phenolic OH excluding ortho intramolecular Hbond substituents is 1. The fourth-order valence-electron chi connectivity index (χ4n) is 3.55. The van der Waals surface area contributed by atoms with E-state index in [1.165, 1.54) is 24.4 Å². The number of aromatic amines is 1. The molecule has 12 nitrogen and oxygen atoms in total. The molecule has 35 heavy (non-hydrogen) atoms. The molecule has 0 unspecified atom stereocenters. The van der Waals surface area contributed by atoms with Gasteiger partial charge in [-0.05, 0) is 29.8 Å². The number of aromatic hydroxyl groups is 1. The molecule has 2 aromatic heterocycles. The number of carbonyl (C=O) groups excluding carboxylic acids is 2. The maximum absolute atomic E-state index is 12.8. The quantitative estimate of drug-likeness (QED) is 0.269. The second kappa shape index (κ2) is 8.61. The van der Waals surface area contributed by atoms with E-state index < -0.39 is 15.9 Å². The maximum Gasteiger partial charge on any atom is 0.272 e. The summed E-state index contributed by atoms with van der Waals surface area (Å²) in [5, 5.41) is 15.0. The standard InChI is InChI=1S/C22H18N6O6S/c29-13-2-1-3-14(7-13)35(32,33)28-16-9-23-20-19(16)25-11-26-21(20)22(31)24-8-12-4-5-17-15(6-12)27-18(30)10-34-17/h1-7,9,11,23,28-29H,8,10H2,(H,24,31)(H,27,30). The van der Waals surface area contributed by atoms with Crippen molar-refractivity contribution < 1.29 is 27.9 Å². The highest BCUT2D eigenvalue weighted by molar-refractivity contribution is 7.92. The summed E-state index contributed by atoms with van der Waals surface area (Å²) in [7, 11) is -4.02. The summed E-state index contributed by atoms with van der Waals surface area (Å²) in [5.74, 6) is -0.421. The van der Waals surface area contributed by atoms with Crippen LogP contribution < -0.4 is 20.1 Å². The lowest BCUT2D eigenvalue weighted by Gasteiger charge is -2.18. The summed E-state index contributed by atoms with van der Waals surface area (Å²) >= 11 is 0. The first kappa shape index (κ1) is 22.2. The van der Waals surface area contributed by atoms with Crippen molar-refractivity contribution in [3.8, 4) is 11.5 Å². The van der Waals surface area contributed by atoms with E-state index in [1.807, 2.05) is 0 Å². The maximum atomic E-state index is 12.8. The van der Waals surface area contributed by atoms with Crippen molar-refractivity contribution in [2.24, 2.45) is 0 Å². The van der Waals surface area contributed by atoms with E-state index in [0.717, 1.165) is 18.0 Å². The lowest BCUT2D eigenvalue weighted by molar-refractivity contribution is -0.118. The van der Waals surface area contributed by atoms with Gasteiger partial charge in [0.15, 0.2) is 12.3 Å². The van der Waals surface area contributed by atoms with Gasteiger partial charge in [0.1, 0.15) is 23.3 Å². The highest BCUT2D eigenvalue weighted by Gasteiger charge is 2.21. The molecule has 13 heteroatoms. The van der Waals surface area contributed by atoms with E-state index in [0.29, 0.717) is 11.4 Å². The van der Waals surface area contributed by atoms with Crippen molar-refractivity contribution in [1.82, 2.24) is 20.3 Å². The number of carbonyl (C=O) groups is 2. The van der Waals surface area contributed by atoms with Crippen LogP contribution in [0.4, 0.5) is 11.4 Å². The lowest BCUT2D eigenvalue weighted by Crippen LogP contribution is -2.26. The van der Waals surface area contributed by atoms with E-state index in [-0.39, 0.29) is 52.1 Å². The van der Waals surface area contributed by atoms with Crippen LogP contribution in [0, 0.1) is 0 Å². The Morgan fingerprint density at radius 2 is 2.03 bits per heavy atom. The molecule has 5 rings (SSSR count). The Morgan fingerprint density at radius 3 is 2.86 bits per heavy atom. The number of hydrogen-bond donors (Lipinski definition) is 5. The molecule has 0 saturated heterocycles. The first-order valence-corrected chi connectivity index (χ1v) is 11.8. The van der Waals surface area contributed by atoms with Crippen molar-refractivity contribution in [3.05, 3.63) is 66.2 Å². The molecule has 0 saturated carbocycles. The Balaban J connectivity index is 1.35. The minimum atomic E-state index is -4.02. The van der Waals surface area contributed by atoms with E-state index in [1.54, 1.807) is 18.2 Å². The van der Waals surface area contributed by atoms with Crippen molar-refractivity contribution in [2.75, 3.05) is 16.6 Å². The molecule has 0 bridgehead atoms. The summed E-state index contributed by atoms with van der Waals surface area (Å²) in [5.41, 5.74) is 1.81. The molecule has 178 valence electrons. The first-order chi connectivity index (χ1) is 16.8. The number of rotatable bonds is 6. The highest BCUT2D eigenvalue weighted by Crippen LogP contribution is 2.29. The van der Waals surface area contributed by atoms with Gasteiger partial charge in [0.2, 0.25) is 0 Å². The zero-order chi connectivity index (χ0) is 24.6. The molecular weight excluding hydrogens is 476 g/mol. The summed E-state index contributed by atoms with van der Waals surface area (Å²) in [6, 6.07) is 10.4. The summed E-state index contributed by atoms with van der Waals surface area (Å²) < 4.78 is 33.1. The Hall–Kier alpha value is -4.65. The van der Waals surface area contributed by atoms with Crippen LogP contribution >= 0.6 is 0 Å². The van der Waals surface area contributed by atoms with Gasteiger partial charge in [-0.2, -0.15) is 0 Å². The first-order valence-electron chi connectivity index (χ1n) is 10.3. The molecule has 1 aliphatic heterocycles. The Labute approximate surface area is 198 Å². The SMILES string of the molecule is O=C1COc2ccc(CNC(=O)c3ncnc4c(NS(=O)(=O)c5cccc(O)c5)c[nH]c34)cc2N1. The number of H-pyrrole nitrogens is 1. The predicted octanol–water partition coefficient (Wildman–Crippen LogP) is 1.73. The van der Waals surface area contributed by atoms with Gasteiger partial charge in [-0.25, -0.2) is 18.4 Å². The van der Waals surface area contributed by atoms with Gasteiger partial charge in [-0.3, -0.25) is 14.3 Å². The number of sulfonamides is 1. The molecule has 0 atom stereocenters. The third kappa shape index (κ3) is 4.44. The van der Waals surface area contributed by atoms with Crippen LogP contribution in [0.15, 0.2) is 59.9 Å².